The van der Waals surface area contributed by atoms with Crippen LogP contribution in [-0.2, 0) is 12.4 Å². The van der Waals surface area contributed by atoms with E-state index in [1.165, 1.54) is 18.2 Å². The zero-order valence-electron chi connectivity index (χ0n) is 15.3. The monoisotopic (exact) mass is 425 g/mol. The van der Waals surface area contributed by atoms with E-state index in [1.807, 2.05) is 0 Å². The van der Waals surface area contributed by atoms with Crippen LogP contribution in [0, 0.1) is 6.92 Å². The lowest BCUT2D eigenvalue weighted by molar-refractivity contribution is -0.143. The number of aryl methyl sites for hydroxylation is 1. The fraction of sp³-hybridized carbons (Fsp3) is 0.143. The van der Waals surface area contributed by atoms with E-state index in [-0.39, 0.29) is 28.6 Å². The molecule has 0 fully saturated rings. The zero-order valence-corrected chi connectivity index (χ0v) is 15.3. The molecule has 0 amide bonds. The predicted molar refractivity (Wildman–Crippen MR) is 96.0 cm³/mol. The number of alkyl halides is 6. The van der Waals surface area contributed by atoms with Crippen molar-refractivity contribution in [1.29, 1.82) is 0 Å². The lowest BCUT2D eigenvalue weighted by Gasteiger charge is -2.14. The molecule has 1 aromatic heterocycles. The third-order valence-electron chi connectivity index (χ3n) is 4.31. The summed E-state index contributed by atoms with van der Waals surface area (Å²) in [5, 5.41) is 9.86. The van der Waals surface area contributed by atoms with Crippen molar-refractivity contribution in [3.8, 4) is 17.0 Å². The summed E-state index contributed by atoms with van der Waals surface area (Å²) in [6.45, 7) is 1.71. The lowest BCUT2D eigenvalue weighted by atomic mass is 9.99. The first-order valence-electron chi connectivity index (χ1n) is 8.46. The molecule has 0 aliphatic heterocycles. The number of nitrogens with zero attached hydrogens (tertiary/aromatic N) is 1. The highest BCUT2D eigenvalue weighted by atomic mass is 19.4. The van der Waals surface area contributed by atoms with Gasteiger partial charge in [0.25, 0.3) is 0 Å². The van der Waals surface area contributed by atoms with Crippen LogP contribution < -0.4 is 0 Å². The molecule has 0 saturated carbocycles. The van der Waals surface area contributed by atoms with Crippen LogP contribution in [0.3, 0.4) is 0 Å². The van der Waals surface area contributed by atoms with Crippen molar-refractivity contribution < 1.29 is 36.2 Å². The van der Waals surface area contributed by atoms with Gasteiger partial charge in [-0.2, -0.15) is 26.3 Å². The third kappa shape index (κ3) is 4.45. The Hall–Kier alpha value is -3.36. The summed E-state index contributed by atoms with van der Waals surface area (Å²) in [4.78, 5) is 16.4. The Bertz CT molecular complexity index is 1070. The topological polar surface area (TPSA) is 50.2 Å². The van der Waals surface area contributed by atoms with Crippen LogP contribution in [-0.4, -0.2) is 15.9 Å². The van der Waals surface area contributed by atoms with Crippen molar-refractivity contribution >= 4 is 5.78 Å². The highest BCUT2D eigenvalue weighted by molar-refractivity contribution is 6.10. The lowest BCUT2D eigenvalue weighted by Crippen LogP contribution is -2.11. The molecule has 9 heteroatoms. The molecule has 156 valence electrons. The Morgan fingerprint density at radius 1 is 0.867 bits per heavy atom. The Labute approximate surface area is 166 Å². The second-order valence-electron chi connectivity index (χ2n) is 6.58. The van der Waals surface area contributed by atoms with Crippen molar-refractivity contribution in [2.24, 2.45) is 0 Å². The summed E-state index contributed by atoms with van der Waals surface area (Å²) >= 11 is 0. The molecule has 1 heterocycles. The van der Waals surface area contributed by atoms with Gasteiger partial charge in [-0.3, -0.25) is 9.78 Å². The molecular formula is C21H13F6NO2. The maximum absolute atomic E-state index is 13.0. The number of aromatic nitrogens is 1. The molecule has 0 spiro atoms. The van der Waals surface area contributed by atoms with Crippen LogP contribution in [0.15, 0.2) is 54.7 Å². The van der Waals surface area contributed by atoms with Gasteiger partial charge in [-0.15, -0.1) is 0 Å². The van der Waals surface area contributed by atoms with E-state index in [9.17, 15) is 36.2 Å². The first-order valence-corrected chi connectivity index (χ1v) is 8.46. The first-order chi connectivity index (χ1) is 13.9. The molecular weight excluding hydrogens is 412 g/mol. The largest absolute Gasteiger partial charge is 0.507 e. The third-order valence-corrected chi connectivity index (χ3v) is 4.31. The molecule has 0 atom stereocenters. The van der Waals surface area contributed by atoms with Crippen molar-refractivity contribution in [1.82, 2.24) is 4.98 Å². The van der Waals surface area contributed by atoms with Gasteiger partial charge in [0.05, 0.1) is 22.4 Å². The summed E-state index contributed by atoms with van der Waals surface area (Å²) in [6, 6.07) is 7.91. The highest BCUT2D eigenvalue weighted by Gasteiger charge is 2.37. The normalized spacial score (nSPS) is 12.1. The van der Waals surface area contributed by atoms with Gasteiger partial charge in [-0.1, -0.05) is 11.6 Å². The number of benzene rings is 2. The zero-order chi connectivity index (χ0) is 22.3. The van der Waals surface area contributed by atoms with Crippen molar-refractivity contribution in [3.63, 3.8) is 0 Å². The molecule has 0 radical (unpaired) electrons. The number of hydrogen-bond donors (Lipinski definition) is 1. The summed E-state index contributed by atoms with van der Waals surface area (Å²) < 4.78 is 78.1. The average Bonchev–Trinajstić information content (AvgIpc) is 2.68. The van der Waals surface area contributed by atoms with Gasteiger partial charge in [0.2, 0.25) is 0 Å². The molecule has 0 aliphatic rings. The number of pyridine rings is 1. The molecule has 0 saturated heterocycles. The number of ketones is 1. The minimum atomic E-state index is -4.98. The van der Waals surface area contributed by atoms with Gasteiger partial charge in [0.15, 0.2) is 5.78 Å². The van der Waals surface area contributed by atoms with Gasteiger partial charge in [0, 0.05) is 17.3 Å². The molecule has 3 rings (SSSR count). The van der Waals surface area contributed by atoms with Gasteiger partial charge < -0.3 is 5.11 Å². The van der Waals surface area contributed by atoms with E-state index in [4.69, 9.17) is 0 Å². The number of carbonyl (C=O) groups is 1. The van der Waals surface area contributed by atoms with E-state index in [0.29, 0.717) is 17.7 Å². The average molecular weight is 425 g/mol. The number of halogens is 6. The van der Waals surface area contributed by atoms with Gasteiger partial charge >= 0.3 is 12.4 Å². The van der Waals surface area contributed by atoms with Crippen LogP contribution in [0.4, 0.5) is 26.3 Å². The van der Waals surface area contributed by atoms with Crippen LogP contribution in [0.25, 0.3) is 11.3 Å². The van der Waals surface area contributed by atoms with Crippen molar-refractivity contribution in [2.75, 3.05) is 0 Å². The summed E-state index contributed by atoms with van der Waals surface area (Å²) in [7, 11) is 0. The van der Waals surface area contributed by atoms with Gasteiger partial charge in [-0.25, -0.2) is 0 Å². The molecule has 1 N–H and O–H groups in total. The van der Waals surface area contributed by atoms with Crippen LogP contribution in [0.2, 0.25) is 0 Å². The number of phenolic OH excluding ortho intramolecular Hbond substituents is 1. The van der Waals surface area contributed by atoms with Crippen LogP contribution in [0.1, 0.15) is 32.6 Å². The molecule has 0 bridgehead atoms. The van der Waals surface area contributed by atoms with E-state index < -0.39 is 34.8 Å². The smallest absolute Gasteiger partial charge is 0.416 e. The Kier molecular flexibility index (Phi) is 5.32. The summed E-state index contributed by atoms with van der Waals surface area (Å²) in [6.07, 6.45) is -8.92. The molecule has 0 aliphatic carbocycles. The fourth-order valence-electron chi connectivity index (χ4n) is 2.79. The second-order valence-corrected chi connectivity index (χ2v) is 6.58. The Morgan fingerprint density at radius 2 is 1.47 bits per heavy atom. The molecule has 0 unspecified atom stereocenters. The second kappa shape index (κ2) is 7.47. The Balaban J connectivity index is 2.02. The number of carbonyl (C=O) groups excluding carboxylic acids is 1. The minimum Gasteiger partial charge on any atom is -0.507 e. The van der Waals surface area contributed by atoms with E-state index in [1.54, 1.807) is 13.0 Å². The van der Waals surface area contributed by atoms with Gasteiger partial charge in [0.1, 0.15) is 5.75 Å². The molecule has 3 nitrogen and oxygen atoms in total. The molecule has 2 aromatic carbocycles. The standard InChI is InChI=1S/C21H13F6NO2/c1-11-2-5-18(29)16(6-11)19(30)12-3-4-17(28-10-12)13-7-14(20(22,23)24)9-15(8-13)21(25,26)27/h2-10,29H,1H3. The highest BCUT2D eigenvalue weighted by Crippen LogP contribution is 2.38. The number of aromatic hydroxyl groups is 1. The van der Waals surface area contributed by atoms with E-state index in [2.05, 4.69) is 4.98 Å². The molecule has 3 aromatic rings. The van der Waals surface area contributed by atoms with Gasteiger partial charge in [-0.05, 0) is 49.4 Å². The van der Waals surface area contributed by atoms with Crippen LogP contribution >= 0.6 is 0 Å². The fourth-order valence-corrected chi connectivity index (χ4v) is 2.79. The maximum Gasteiger partial charge on any atom is 0.416 e. The SMILES string of the molecule is Cc1ccc(O)c(C(=O)c2ccc(-c3cc(C(F)(F)F)cc(C(F)(F)F)c3)nc2)c1. The summed E-state index contributed by atoms with van der Waals surface area (Å²) in [5.41, 5.74) is -2.75. The predicted octanol–water partition coefficient (Wildman–Crippen LogP) is 6.03. The number of phenols is 1. The summed E-state index contributed by atoms with van der Waals surface area (Å²) in [5.74, 6) is -0.849. The number of hydrogen-bond acceptors (Lipinski definition) is 3. The van der Waals surface area contributed by atoms with Crippen molar-refractivity contribution in [2.45, 2.75) is 19.3 Å². The van der Waals surface area contributed by atoms with E-state index >= 15 is 0 Å². The van der Waals surface area contributed by atoms with Crippen LogP contribution in [0.5, 0.6) is 5.75 Å². The van der Waals surface area contributed by atoms with E-state index in [0.717, 1.165) is 12.3 Å². The molecule has 30 heavy (non-hydrogen) atoms. The Morgan fingerprint density at radius 3 is 1.97 bits per heavy atom. The quantitative estimate of drug-likeness (QED) is 0.412. The number of rotatable bonds is 3. The first kappa shape index (κ1) is 21.4. The maximum atomic E-state index is 13.0. The van der Waals surface area contributed by atoms with Crippen molar-refractivity contribution in [3.05, 3.63) is 82.5 Å². The minimum absolute atomic E-state index is 0.00276.